The number of carboxylic acids is 1. The quantitative estimate of drug-likeness (QED) is 0.171. The van der Waals surface area contributed by atoms with Crippen LogP contribution in [0.4, 0.5) is 0 Å². The molecule has 226 valence electrons. The van der Waals surface area contributed by atoms with Crippen LogP contribution in [0.1, 0.15) is 101 Å². The largest absolute Gasteiger partial charge is 0.477 e. The average Bonchev–Trinajstić information content (AvgIpc) is 2.77. The van der Waals surface area contributed by atoms with E-state index >= 15 is 0 Å². The molecule has 0 fully saturated rings. The molecule has 2 N–H and O–H groups in total. The third kappa shape index (κ3) is 11.7. The molecule has 0 heterocycles. The molecule has 1 rings (SSSR count). The van der Waals surface area contributed by atoms with E-state index in [1.165, 1.54) is 12.1 Å². The van der Waals surface area contributed by atoms with Crippen LogP contribution >= 0.6 is 0 Å². The van der Waals surface area contributed by atoms with Crippen molar-refractivity contribution in [3.8, 4) is 11.5 Å². The summed E-state index contributed by atoms with van der Waals surface area (Å²) in [5.74, 6) is -3.59. The van der Waals surface area contributed by atoms with Crippen LogP contribution in [0, 0.1) is 22.7 Å². The van der Waals surface area contributed by atoms with Gasteiger partial charge in [-0.3, -0.25) is 19.7 Å². The summed E-state index contributed by atoms with van der Waals surface area (Å²) < 4.78 is 16.9. The minimum Gasteiger partial charge on any atom is -0.477 e. The standard InChI is InChI=1S/C31H49NO8/c1-12-20(4)32-31(28(36)37,40-27(35)21(5)19(2)3)16-22-13-14-23(38-25(33)17-29(6,7)8)24(15-22)39-26(34)18-30(9,10)11/h13-15,19-21,32H,12,16-18H2,1-11H3,(H,36,37)/t20?,21?,31-/m0/s1. The van der Waals surface area contributed by atoms with Crippen LogP contribution in [-0.4, -0.2) is 40.8 Å². The summed E-state index contributed by atoms with van der Waals surface area (Å²) in [6, 6.07) is 4.19. The number of benzene rings is 1. The summed E-state index contributed by atoms with van der Waals surface area (Å²) in [6.45, 7) is 20.5. The third-order valence-electron chi connectivity index (χ3n) is 6.34. The molecule has 0 spiro atoms. The van der Waals surface area contributed by atoms with Gasteiger partial charge < -0.3 is 19.3 Å². The topological polar surface area (TPSA) is 128 Å². The van der Waals surface area contributed by atoms with Crippen molar-refractivity contribution in [2.75, 3.05) is 0 Å². The normalized spacial score (nSPS) is 15.1. The number of esters is 3. The Morgan fingerprint density at radius 3 is 1.77 bits per heavy atom. The lowest BCUT2D eigenvalue weighted by Crippen LogP contribution is -2.60. The first-order valence-electron chi connectivity index (χ1n) is 14.0. The van der Waals surface area contributed by atoms with Crippen LogP contribution < -0.4 is 14.8 Å². The van der Waals surface area contributed by atoms with Gasteiger partial charge in [0.1, 0.15) is 0 Å². The van der Waals surface area contributed by atoms with Gasteiger partial charge in [0.25, 0.3) is 5.72 Å². The number of hydrogen-bond acceptors (Lipinski definition) is 8. The second-order valence-corrected chi connectivity index (χ2v) is 13.4. The molecule has 0 aliphatic heterocycles. The number of aliphatic carboxylic acids is 1. The molecule has 0 saturated carbocycles. The van der Waals surface area contributed by atoms with E-state index in [1.54, 1.807) is 19.9 Å². The Morgan fingerprint density at radius 2 is 1.35 bits per heavy atom. The fourth-order valence-electron chi connectivity index (χ4n) is 3.63. The summed E-state index contributed by atoms with van der Waals surface area (Å²) in [5.41, 5.74) is -2.35. The molecule has 9 nitrogen and oxygen atoms in total. The van der Waals surface area contributed by atoms with Gasteiger partial charge in [-0.1, -0.05) is 75.3 Å². The molecule has 0 bridgehead atoms. The molecule has 0 aliphatic carbocycles. The van der Waals surface area contributed by atoms with Crippen molar-refractivity contribution in [3.05, 3.63) is 23.8 Å². The van der Waals surface area contributed by atoms with Gasteiger partial charge in [0.2, 0.25) is 0 Å². The molecule has 40 heavy (non-hydrogen) atoms. The van der Waals surface area contributed by atoms with Gasteiger partial charge in [0.05, 0.1) is 18.8 Å². The second kappa shape index (κ2) is 14.1. The number of hydrogen-bond donors (Lipinski definition) is 2. The second-order valence-electron chi connectivity index (χ2n) is 13.4. The van der Waals surface area contributed by atoms with Crippen LogP contribution in [0.25, 0.3) is 0 Å². The number of carbonyl (C=O) groups is 4. The van der Waals surface area contributed by atoms with Crippen molar-refractivity contribution >= 4 is 23.9 Å². The first-order valence-corrected chi connectivity index (χ1v) is 14.0. The van der Waals surface area contributed by atoms with E-state index in [4.69, 9.17) is 14.2 Å². The zero-order valence-corrected chi connectivity index (χ0v) is 26.1. The summed E-state index contributed by atoms with van der Waals surface area (Å²) in [6.07, 6.45) is 0.564. The van der Waals surface area contributed by atoms with Crippen molar-refractivity contribution in [2.45, 2.75) is 114 Å². The van der Waals surface area contributed by atoms with Crippen LogP contribution in [0.15, 0.2) is 18.2 Å². The first-order chi connectivity index (χ1) is 18.2. The Bertz CT molecular complexity index is 1050. The molecule has 3 atom stereocenters. The highest BCUT2D eigenvalue weighted by Crippen LogP contribution is 2.33. The maximum absolute atomic E-state index is 12.9. The van der Waals surface area contributed by atoms with E-state index in [1.807, 2.05) is 62.3 Å². The number of carbonyl (C=O) groups excluding carboxylic acids is 3. The molecule has 1 aromatic carbocycles. The van der Waals surface area contributed by atoms with E-state index in [0.717, 1.165) is 0 Å². The molecule has 0 saturated heterocycles. The monoisotopic (exact) mass is 563 g/mol. The Hall–Kier alpha value is -2.94. The summed E-state index contributed by atoms with van der Waals surface area (Å²) in [7, 11) is 0. The van der Waals surface area contributed by atoms with Crippen LogP contribution in [0.5, 0.6) is 11.5 Å². The predicted octanol–water partition coefficient (Wildman–Crippen LogP) is 5.92. The Morgan fingerprint density at radius 1 is 0.850 bits per heavy atom. The van der Waals surface area contributed by atoms with Gasteiger partial charge in [-0.15, -0.1) is 0 Å². The number of ether oxygens (including phenoxy) is 3. The van der Waals surface area contributed by atoms with Gasteiger partial charge in [-0.05, 0) is 47.8 Å². The molecule has 0 aliphatic rings. The van der Waals surface area contributed by atoms with E-state index in [0.29, 0.717) is 12.0 Å². The maximum atomic E-state index is 12.9. The van der Waals surface area contributed by atoms with Crippen molar-refractivity contribution in [1.29, 1.82) is 0 Å². The molecule has 9 heteroatoms. The minimum atomic E-state index is -2.08. The molecular formula is C31H49NO8. The maximum Gasteiger partial charge on any atom is 0.364 e. The highest BCUT2D eigenvalue weighted by atomic mass is 16.6. The number of carboxylic acid groups (broad SMARTS) is 1. The van der Waals surface area contributed by atoms with Crippen molar-refractivity contribution in [3.63, 3.8) is 0 Å². The van der Waals surface area contributed by atoms with Gasteiger partial charge >= 0.3 is 23.9 Å². The molecular weight excluding hydrogens is 514 g/mol. The molecule has 0 radical (unpaired) electrons. The lowest BCUT2D eigenvalue weighted by Gasteiger charge is -2.34. The van der Waals surface area contributed by atoms with Gasteiger partial charge in [-0.25, -0.2) is 4.79 Å². The smallest absolute Gasteiger partial charge is 0.364 e. The highest BCUT2D eigenvalue weighted by Gasteiger charge is 2.45. The SMILES string of the molecule is CCC(C)N[C@@](Cc1ccc(OC(=O)CC(C)(C)C)c(OC(=O)CC(C)(C)C)c1)(OC(=O)C(C)C(C)C)C(=O)O. The van der Waals surface area contributed by atoms with Crippen molar-refractivity contribution in [1.82, 2.24) is 5.32 Å². The Kier molecular flexibility index (Phi) is 12.4. The zero-order valence-electron chi connectivity index (χ0n) is 26.1. The Balaban J connectivity index is 3.55. The van der Waals surface area contributed by atoms with Gasteiger partial charge in [-0.2, -0.15) is 0 Å². The van der Waals surface area contributed by atoms with E-state index in [-0.39, 0.29) is 53.6 Å². The first kappa shape index (κ1) is 35.1. The lowest BCUT2D eigenvalue weighted by molar-refractivity contribution is -0.188. The number of rotatable bonds is 13. The van der Waals surface area contributed by atoms with E-state index < -0.39 is 35.5 Å². The summed E-state index contributed by atoms with van der Waals surface area (Å²) in [5, 5.41) is 13.3. The molecule has 0 amide bonds. The molecule has 2 unspecified atom stereocenters. The molecule has 0 aromatic heterocycles. The predicted molar refractivity (Wildman–Crippen MR) is 153 cm³/mol. The van der Waals surface area contributed by atoms with Crippen LogP contribution in [0.3, 0.4) is 0 Å². The Labute approximate surface area is 239 Å². The molecule has 1 aromatic rings. The summed E-state index contributed by atoms with van der Waals surface area (Å²) >= 11 is 0. The highest BCUT2D eigenvalue weighted by molar-refractivity contribution is 5.83. The van der Waals surface area contributed by atoms with Crippen LogP contribution in [0.2, 0.25) is 0 Å². The van der Waals surface area contributed by atoms with Crippen LogP contribution in [-0.2, 0) is 30.3 Å². The third-order valence-corrected chi connectivity index (χ3v) is 6.34. The fraction of sp³-hybridized carbons (Fsp3) is 0.677. The summed E-state index contributed by atoms with van der Waals surface area (Å²) in [4.78, 5) is 50.9. The van der Waals surface area contributed by atoms with E-state index in [2.05, 4.69) is 5.32 Å². The lowest BCUT2D eigenvalue weighted by atomic mass is 9.92. The van der Waals surface area contributed by atoms with Gasteiger partial charge in [0, 0.05) is 12.5 Å². The van der Waals surface area contributed by atoms with E-state index in [9.17, 15) is 24.3 Å². The average molecular weight is 564 g/mol. The van der Waals surface area contributed by atoms with Crippen molar-refractivity contribution in [2.24, 2.45) is 22.7 Å². The van der Waals surface area contributed by atoms with Crippen molar-refractivity contribution < 1.29 is 38.5 Å². The number of nitrogens with one attached hydrogen (secondary N) is 1. The minimum absolute atomic E-state index is 0.0151. The van der Waals surface area contributed by atoms with Gasteiger partial charge in [0.15, 0.2) is 11.5 Å². The zero-order chi connectivity index (χ0) is 31.1. The fourth-order valence-corrected chi connectivity index (χ4v) is 3.63.